The summed E-state index contributed by atoms with van der Waals surface area (Å²) in [7, 11) is 0. The summed E-state index contributed by atoms with van der Waals surface area (Å²) in [6.07, 6.45) is 3.20. The molecular weight excluding hydrogens is 340 g/mol. The predicted molar refractivity (Wildman–Crippen MR) is 103 cm³/mol. The smallest absolute Gasteiger partial charge is 0.371 e. The zero-order valence-corrected chi connectivity index (χ0v) is 14.7. The highest BCUT2D eigenvalue weighted by molar-refractivity contribution is 5.93. The third-order valence-electron chi connectivity index (χ3n) is 4.26. The topological polar surface area (TPSA) is 83.3 Å². The van der Waals surface area contributed by atoms with Gasteiger partial charge in [0.05, 0.1) is 5.69 Å². The van der Waals surface area contributed by atoms with Crippen LogP contribution in [0, 0.1) is 0 Å². The fraction of sp³-hybridized carbons (Fsp3) is 0.136. The number of hydrogen-bond acceptors (Lipinski definition) is 4. The minimum Gasteiger partial charge on any atom is -0.502 e. The average molecular weight is 360 g/mol. The maximum absolute atomic E-state index is 11.3. The van der Waals surface area contributed by atoms with Crippen LogP contribution in [0.25, 0.3) is 5.57 Å². The largest absolute Gasteiger partial charge is 0.502 e. The van der Waals surface area contributed by atoms with Crippen molar-refractivity contribution in [3.8, 4) is 0 Å². The number of aromatic nitrogens is 2. The van der Waals surface area contributed by atoms with Crippen LogP contribution in [0.2, 0.25) is 0 Å². The van der Waals surface area contributed by atoms with Crippen molar-refractivity contribution in [3.63, 3.8) is 0 Å². The molecule has 0 amide bonds. The SMILES string of the molecule is O=C(O)/C(O)=C(\Cc1ccccc1)c1cc(CCc2ccccc2)ncn1. The van der Waals surface area contributed by atoms with Gasteiger partial charge in [-0.05, 0) is 30.0 Å². The van der Waals surface area contributed by atoms with E-state index < -0.39 is 11.7 Å². The van der Waals surface area contributed by atoms with Crippen LogP contribution in [0.3, 0.4) is 0 Å². The lowest BCUT2D eigenvalue weighted by molar-refractivity contribution is -0.135. The maximum atomic E-state index is 11.3. The fourth-order valence-corrected chi connectivity index (χ4v) is 2.84. The van der Waals surface area contributed by atoms with Crippen molar-refractivity contribution in [2.24, 2.45) is 0 Å². The van der Waals surface area contributed by atoms with E-state index in [1.807, 2.05) is 48.5 Å². The van der Waals surface area contributed by atoms with Gasteiger partial charge in [-0.2, -0.15) is 0 Å². The predicted octanol–water partition coefficient (Wildman–Crippen LogP) is 3.86. The minimum atomic E-state index is -1.37. The summed E-state index contributed by atoms with van der Waals surface area (Å²) in [5.41, 5.74) is 3.59. The molecule has 136 valence electrons. The molecule has 0 atom stereocenters. The molecule has 0 bridgehead atoms. The highest BCUT2D eigenvalue weighted by Gasteiger charge is 2.17. The van der Waals surface area contributed by atoms with Crippen molar-refractivity contribution in [2.75, 3.05) is 0 Å². The number of carboxylic acids is 1. The number of allylic oxidation sites excluding steroid dienone is 1. The van der Waals surface area contributed by atoms with Crippen LogP contribution in [0.1, 0.15) is 22.5 Å². The molecular formula is C22H20N2O3. The van der Waals surface area contributed by atoms with E-state index in [4.69, 9.17) is 0 Å². The lowest BCUT2D eigenvalue weighted by atomic mass is 9.99. The number of benzene rings is 2. The van der Waals surface area contributed by atoms with Gasteiger partial charge in [-0.1, -0.05) is 60.7 Å². The summed E-state index contributed by atoms with van der Waals surface area (Å²) in [5, 5.41) is 19.4. The molecule has 0 saturated carbocycles. The van der Waals surface area contributed by atoms with Gasteiger partial charge in [0.15, 0.2) is 0 Å². The average Bonchev–Trinajstić information content (AvgIpc) is 2.71. The van der Waals surface area contributed by atoms with Gasteiger partial charge in [0.1, 0.15) is 6.33 Å². The van der Waals surface area contributed by atoms with Gasteiger partial charge in [-0.25, -0.2) is 14.8 Å². The number of hydrogen-bond donors (Lipinski definition) is 2. The molecule has 5 nitrogen and oxygen atoms in total. The molecule has 3 aromatic rings. The number of aliphatic hydroxyl groups excluding tert-OH is 1. The van der Waals surface area contributed by atoms with Crippen LogP contribution in [0.4, 0.5) is 0 Å². The Morgan fingerprint density at radius 1 is 0.815 bits per heavy atom. The van der Waals surface area contributed by atoms with E-state index in [0.29, 0.717) is 12.1 Å². The van der Waals surface area contributed by atoms with E-state index in [1.54, 1.807) is 6.07 Å². The third kappa shape index (κ3) is 5.01. The molecule has 0 aliphatic rings. The highest BCUT2D eigenvalue weighted by Crippen LogP contribution is 2.22. The number of nitrogens with zero attached hydrogens (tertiary/aromatic N) is 2. The van der Waals surface area contributed by atoms with Crippen LogP contribution < -0.4 is 0 Å². The first-order valence-corrected chi connectivity index (χ1v) is 8.68. The molecule has 1 heterocycles. The van der Waals surface area contributed by atoms with Gasteiger partial charge in [0.2, 0.25) is 5.76 Å². The lowest BCUT2D eigenvalue weighted by Crippen LogP contribution is -2.08. The number of carbonyl (C=O) groups is 1. The van der Waals surface area contributed by atoms with Crippen molar-refractivity contribution in [1.29, 1.82) is 0 Å². The van der Waals surface area contributed by atoms with E-state index >= 15 is 0 Å². The van der Waals surface area contributed by atoms with Gasteiger partial charge in [-0.15, -0.1) is 0 Å². The summed E-state index contributed by atoms with van der Waals surface area (Å²) in [5.74, 6) is -2.06. The zero-order valence-electron chi connectivity index (χ0n) is 14.7. The van der Waals surface area contributed by atoms with Crippen molar-refractivity contribution in [2.45, 2.75) is 19.3 Å². The summed E-state index contributed by atoms with van der Waals surface area (Å²) in [6, 6.07) is 21.2. The van der Waals surface area contributed by atoms with E-state index in [9.17, 15) is 15.0 Å². The van der Waals surface area contributed by atoms with Crippen molar-refractivity contribution < 1.29 is 15.0 Å². The van der Waals surface area contributed by atoms with Gasteiger partial charge >= 0.3 is 5.97 Å². The minimum absolute atomic E-state index is 0.272. The molecule has 0 aliphatic carbocycles. The van der Waals surface area contributed by atoms with Crippen LogP contribution in [0.5, 0.6) is 0 Å². The molecule has 3 rings (SSSR count). The molecule has 2 aromatic carbocycles. The Bertz CT molecular complexity index is 938. The highest BCUT2D eigenvalue weighted by atomic mass is 16.4. The summed E-state index contributed by atoms with van der Waals surface area (Å²) < 4.78 is 0. The van der Waals surface area contributed by atoms with E-state index in [0.717, 1.165) is 17.7 Å². The van der Waals surface area contributed by atoms with Crippen LogP contribution in [0.15, 0.2) is 78.8 Å². The summed E-state index contributed by atoms with van der Waals surface area (Å²) in [6.45, 7) is 0. The van der Waals surface area contributed by atoms with E-state index in [1.165, 1.54) is 11.9 Å². The molecule has 0 fully saturated rings. The first-order chi connectivity index (χ1) is 13.1. The Morgan fingerprint density at radius 2 is 1.44 bits per heavy atom. The molecule has 1 aromatic heterocycles. The Kier molecular flexibility index (Phi) is 5.94. The number of aryl methyl sites for hydroxylation is 2. The number of aliphatic carboxylic acids is 1. The first-order valence-electron chi connectivity index (χ1n) is 8.68. The van der Waals surface area contributed by atoms with E-state index in [2.05, 4.69) is 22.1 Å². The van der Waals surface area contributed by atoms with Crippen LogP contribution in [-0.4, -0.2) is 26.2 Å². The van der Waals surface area contributed by atoms with Crippen molar-refractivity contribution >= 4 is 11.5 Å². The number of aliphatic hydroxyl groups is 1. The Hall–Kier alpha value is -3.47. The van der Waals surface area contributed by atoms with Crippen LogP contribution >= 0.6 is 0 Å². The molecule has 27 heavy (non-hydrogen) atoms. The van der Waals surface area contributed by atoms with Gasteiger partial charge in [0.25, 0.3) is 0 Å². The van der Waals surface area contributed by atoms with E-state index in [-0.39, 0.29) is 12.0 Å². The second kappa shape index (κ2) is 8.76. The molecule has 5 heteroatoms. The lowest BCUT2D eigenvalue weighted by Gasteiger charge is -2.10. The van der Waals surface area contributed by atoms with Gasteiger partial charge < -0.3 is 10.2 Å². The molecule has 0 unspecified atom stereocenters. The quantitative estimate of drug-likeness (QED) is 0.494. The third-order valence-corrected chi connectivity index (χ3v) is 4.26. The normalized spacial score (nSPS) is 11.7. The second-order valence-corrected chi connectivity index (χ2v) is 6.17. The Morgan fingerprint density at radius 3 is 2.07 bits per heavy atom. The number of rotatable bonds is 7. The molecule has 2 N–H and O–H groups in total. The van der Waals surface area contributed by atoms with Crippen LogP contribution in [-0.2, 0) is 24.1 Å². The van der Waals surface area contributed by atoms with Gasteiger partial charge in [0, 0.05) is 17.7 Å². The standard InChI is InChI=1S/C22H20N2O3/c25-21(22(26)27)19(13-17-9-5-2-6-10-17)20-14-18(23-15-24-20)12-11-16-7-3-1-4-8-16/h1-10,14-15,25H,11-13H2,(H,26,27)/b21-19-. The molecule has 0 radical (unpaired) electrons. The maximum Gasteiger partial charge on any atom is 0.371 e. The Balaban J connectivity index is 1.86. The molecule has 0 aliphatic heterocycles. The monoisotopic (exact) mass is 360 g/mol. The number of carboxylic acid groups (broad SMARTS) is 1. The van der Waals surface area contributed by atoms with Crippen molar-refractivity contribution in [3.05, 3.63) is 101 Å². The molecule has 0 spiro atoms. The van der Waals surface area contributed by atoms with Crippen molar-refractivity contribution in [1.82, 2.24) is 9.97 Å². The first kappa shape index (κ1) is 18.3. The summed E-state index contributed by atoms with van der Waals surface area (Å²) in [4.78, 5) is 19.8. The molecule has 0 saturated heterocycles. The second-order valence-electron chi connectivity index (χ2n) is 6.17. The summed E-state index contributed by atoms with van der Waals surface area (Å²) >= 11 is 0. The van der Waals surface area contributed by atoms with Gasteiger partial charge in [-0.3, -0.25) is 0 Å². The zero-order chi connectivity index (χ0) is 19.1. The fourth-order valence-electron chi connectivity index (χ4n) is 2.84. The Labute approximate surface area is 157 Å².